The molecule has 0 N–H and O–H groups in total. The molecule has 1 aromatic rings. The summed E-state index contributed by atoms with van der Waals surface area (Å²) >= 11 is 5.90. The molecule has 22 heavy (non-hydrogen) atoms. The van der Waals surface area contributed by atoms with Gasteiger partial charge in [0.25, 0.3) is 5.91 Å². The standard InChI is InChI=1S/C16H18ClNO4/c1-9-7-18(8-10(2)21-9)15(19)14-5-11-3-4-12(17)6-13(11)16(20)22-14/h3-4,6,9-10,14H,5,7-8H2,1-2H3/t9-,10-,14-/m1/s1. The number of nitrogens with zero attached hydrogens (tertiary/aromatic N) is 1. The molecule has 1 amide bonds. The second-order valence-electron chi connectivity index (χ2n) is 5.90. The van der Waals surface area contributed by atoms with Gasteiger partial charge in [-0.15, -0.1) is 0 Å². The van der Waals surface area contributed by atoms with Crippen molar-refractivity contribution in [2.45, 2.75) is 38.6 Å². The molecule has 1 fully saturated rings. The van der Waals surface area contributed by atoms with Gasteiger partial charge in [0.15, 0.2) is 6.10 Å². The summed E-state index contributed by atoms with van der Waals surface area (Å²) < 4.78 is 11.0. The summed E-state index contributed by atoms with van der Waals surface area (Å²) in [6, 6.07) is 5.08. The Morgan fingerprint density at radius 2 is 1.95 bits per heavy atom. The third-order valence-corrected chi connectivity index (χ3v) is 4.19. The van der Waals surface area contributed by atoms with Crippen LogP contribution in [0.25, 0.3) is 0 Å². The number of halogens is 1. The molecule has 0 unspecified atom stereocenters. The number of morpholine rings is 1. The third kappa shape index (κ3) is 2.96. The van der Waals surface area contributed by atoms with Gasteiger partial charge < -0.3 is 14.4 Å². The Labute approximate surface area is 134 Å². The highest BCUT2D eigenvalue weighted by Crippen LogP contribution is 2.25. The summed E-state index contributed by atoms with van der Waals surface area (Å²) in [7, 11) is 0. The van der Waals surface area contributed by atoms with E-state index in [0.717, 1.165) is 5.56 Å². The van der Waals surface area contributed by atoms with E-state index >= 15 is 0 Å². The monoisotopic (exact) mass is 323 g/mol. The predicted octanol–water partition coefficient (Wildman–Crippen LogP) is 2.06. The molecule has 2 heterocycles. The van der Waals surface area contributed by atoms with Gasteiger partial charge in [-0.1, -0.05) is 17.7 Å². The van der Waals surface area contributed by atoms with Gasteiger partial charge in [0, 0.05) is 24.5 Å². The lowest BCUT2D eigenvalue weighted by Gasteiger charge is -2.37. The normalized spacial score (nSPS) is 28.0. The fraction of sp³-hybridized carbons (Fsp3) is 0.500. The molecular formula is C16H18ClNO4. The van der Waals surface area contributed by atoms with Crippen LogP contribution in [0.15, 0.2) is 18.2 Å². The molecule has 118 valence electrons. The molecule has 0 saturated carbocycles. The Bertz CT molecular complexity index is 608. The molecule has 0 aromatic heterocycles. The van der Waals surface area contributed by atoms with Crippen LogP contribution in [-0.4, -0.2) is 48.2 Å². The number of hydrogen-bond donors (Lipinski definition) is 0. The minimum absolute atomic E-state index is 0.0157. The summed E-state index contributed by atoms with van der Waals surface area (Å²) in [4.78, 5) is 26.4. The number of benzene rings is 1. The smallest absolute Gasteiger partial charge is 0.339 e. The van der Waals surface area contributed by atoms with Crippen LogP contribution in [-0.2, 0) is 20.7 Å². The number of carbonyl (C=O) groups is 2. The number of esters is 1. The van der Waals surface area contributed by atoms with E-state index in [1.165, 1.54) is 0 Å². The van der Waals surface area contributed by atoms with Crippen molar-refractivity contribution in [3.8, 4) is 0 Å². The molecular weight excluding hydrogens is 306 g/mol. The van der Waals surface area contributed by atoms with Crippen molar-refractivity contribution in [1.29, 1.82) is 0 Å². The van der Waals surface area contributed by atoms with E-state index in [4.69, 9.17) is 21.1 Å². The second kappa shape index (κ2) is 5.89. The van der Waals surface area contributed by atoms with Crippen molar-refractivity contribution in [3.05, 3.63) is 34.3 Å². The van der Waals surface area contributed by atoms with Crippen molar-refractivity contribution in [2.24, 2.45) is 0 Å². The fourth-order valence-corrected chi connectivity index (χ4v) is 3.22. The SMILES string of the molecule is C[C@@H]1CN(C(=O)[C@H]2Cc3ccc(Cl)cc3C(=O)O2)C[C@@H](C)O1. The lowest BCUT2D eigenvalue weighted by atomic mass is 9.97. The van der Waals surface area contributed by atoms with E-state index in [9.17, 15) is 9.59 Å². The molecule has 1 saturated heterocycles. The average Bonchev–Trinajstić information content (AvgIpc) is 2.46. The first kappa shape index (κ1) is 15.3. The maximum Gasteiger partial charge on any atom is 0.339 e. The molecule has 6 heteroatoms. The minimum Gasteiger partial charge on any atom is -0.448 e. The van der Waals surface area contributed by atoms with Crippen molar-refractivity contribution in [2.75, 3.05) is 13.1 Å². The molecule has 0 spiro atoms. The van der Waals surface area contributed by atoms with Crippen LogP contribution in [0.5, 0.6) is 0 Å². The van der Waals surface area contributed by atoms with Gasteiger partial charge in [-0.2, -0.15) is 0 Å². The first-order valence-corrected chi connectivity index (χ1v) is 7.75. The predicted molar refractivity (Wildman–Crippen MR) is 80.9 cm³/mol. The highest BCUT2D eigenvalue weighted by molar-refractivity contribution is 6.31. The number of carbonyl (C=O) groups excluding carboxylic acids is 2. The zero-order valence-electron chi connectivity index (χ0n) is 12.5. The second-order valence-corrected chi connectivity index (χ2v) is 6.34. The van der Waals surface area contributed by atoms with Gasteiger partial charge in [0.05, 0.1) is 17.8 Å². The molecule has 0 radical (unpaired) electrons. The van der Waals surface area contributed by atoms with E-state index in [-0.39, 0.29) is 18.1 Å². The Morgan fingerprint density at radius 1 is 1.27 bits per heavy atom. The van der Waals surface area contributed by atoms with Crippen LogP contribution < -0.4 is 0 Å². The Balaban J connectivity index is 1.77. The zero-order chi connectivity index (χ0) is 15.9. The van der Waals surface area contributed by atoms with E-state index in [0.29, 0.717) is 30.1 Å². The number of hydrogen-bond acceptors (Lipinski definition) is 4. The summed E-state index contributed by atoms with van der Waals surface area (Å²) in [6.07, 6.45) is -0.410. The highest BCUT2D eigenvalue weighted by atomic mass is 35.5. The Morgan fingerprint density at radius 3 is 2.64 bits per heavy atom. The van der Waals surface area contributed by atoms with Gasteiger partial charge in [-0.05, 0) is 31.5 Å². The molecule has 3 rings (SSSR count). The quantitative estimate of drug-likeness (QED) is 0.742. The molecule has 0 aliphatic carbocycles. The average molecular weight is 324 g/mol. The first-order chi connectivity index (χ1) is 10.4. The van der Waals surface area contributed by atoms with Crippen LogP contribution in [0, 0.1) is 0 Å². The number of ether oxygens (including phenoxy) is 2. The van der Waals surface area contributed by atoms with E-state index in [2.05, 4.69) is 0 Å². The number of fused-ring (bicyclic) bond motifs is 1. The molecule has 5 nitrogen and oxygen atoms in total. The van der Waals surface area contributed by atoms with Crippen molar-refractivity contribution in [3.63, 3.8) is 0 Å². The topological polar surface area (TPSA) is 55.8 Å². The van der Waals surface area contributed by atoms with Crippen LogP contribution in [0.4, 0.5) is 0 Å². The van der Waals surface area contributed by atoms with Gasteiger partial charge >= 0.3 is 5.97 Å². The lowest BCUT2D eigenvalue weighted by molar-refractivity contribution is -0.152. The number of amides is 1. The minimum atomic E-state index is -0.765. The molecule has 2 aliphatic rings. The summed E-state index contributed by atoms with van der Waals surface area (Å²) in [5.74, 6) is -0.646. The van der Waals surface area contributed by atoms with Gasteiger partial charge in [-0.3, -0.25) is 4.79 Å². The first-order valence-electron chi connectivity index (χ1n) is 7.37. The van der Waals surface area contributed by atoms with Gasteiger partial charge in [-0.25, -0.2) is 4.79 Å². The van der Waals surface area contributed by atoms with E-state index in [1.54, 1.807) is 23.1 Å². The summed E-state index contributed by atoms with van der Waals surface area (Å²) in [5, 5.41) is 0.483. The van der Waals surface area contributed by atoms with Crippen LogP contribution in [0.2, 0.25) is 5.02 Å². The van der Waals surface area contributed by atoms with Gasteiger partial charge in [0.2, 0.25) is 0 Å². The summed E-state index contributed by atoms with van der Waals surface area (Å²) in [5.41, 5.74) is 1.24. The Hall–Kier alpha value is -1.59. The molecule has 2 aliphatic heterocycles. The Kier molecular flexibility index (Phi) is 4.10. The van der Waals surface area contributed by atoms with Gasteiger partial charge in [0.1, 0.15) is 0 Å². The van der Waals surface area contributed by atoms with Crippen LogP contribution in [0.1, 0.15) is 29.8 Å². The third-order valence-electron chi connectivity index (χ3n) is 3.95. The van der Waals surface area contributed by atoms with Crippen molar-refractivity contribution >= 4 is 23.5 Å². The van der Waals surface area contributed by atoms with Crippen LogP contribution >= 0.6 is 11.6 Å². The van der Waals surface area contributed by atoms with Crippen LogP contribution in [0.3, 0.4) is 0 Å². The maximum atomic E-state index is 12.6. The highest BCUT2D eigenvalue weighted by Gasteiger charge is 2.36. The van der Waals surface area contributed by atoms with Crippen molar-refractivity contribution in [1.82, 2.24) is 4.90 Å². The molecule has 0 bridgehead atoms. The maximum absolute atomic E-state index is 12.6. The van der Waals surface area contributed by atoms with E-state index in [1.807, 2.05) is 13.8 Å². The van der Waals surface area contributed by atoms with E-state index < -0.39 is 12.1 Å². The summed E-state index contributed by atoms with van der Waals surface area (Å²) in [6.45, 7) is 4.90. The number of cyclic esters (lactones) is 1. The fourth-order valence-electron chi connectivity index (χ4n) is 3.05. The largest absolute Gasteiger partial charge is 0.448 e. The number of rotatable bonds is 1. The zero-order valence-corrected chi connectivity index (χ0v) is 13.3. The lowest BCUT2D eigenvalue weighted by Crippen LogP contribution is -2.53. The molecule has 3 atom stereocenters. The molecule has 1 aromatic carbocycles. The van der Waals surface area contributed by atoms with Crippen molar-refractivity contribution < 1.29 is 19.1 Å².